The van der Waals surface area contributed by atoms with Crippen molar-refractivity contribution in [2.24, 2.45) is 0 Å². The van der Waals surface area contributed by atoms with Crippen LogP contribution in [0.3, 0.4) is 0 Å². The maximum absolute atomic E-state index is 11.3. The third kappa shape index (κ3) is 6.84. The Morgan fingerprint density at radius 2 is 1.47 bits per heavy atom. The third-order valence-corrected chi connectivity index (χ3v) is 2.53. The Balaban J connectivity index is 4.74. The highest BCUT2D eigenvalue weighted by Gasteiger charge is 2.40. The van der Waals surface area contributed by atoms with Crippen LogP contribution in [-0.2, 0) is 4.79 Å². The average Bonchev–Trinajstić information content (AvgIpc) is 2.13. The first-order chi connectivity index (χ1) is 7.48. The first-order valence-electron chi connectivity index (χ1n) is 3.91. The molecule has 0 aromatic rings. The van der Waals surface area contributed by atoms with Gasteiger partial charge in [0.2, 0.25) is 3.79 Å². The zero-order chi connectivity index (χ0) is 13.9. The SMILES string of the molecule is CNC(=O)NC(NC(=O)C(Cl)(Cl)Cl)C(Cl)(Cl)Cl. The van der Waals surface area contributed by atoms with Crippen molar-refractivity contribution in [2.45, 2.75) is 13.8 Å². The standard InChI is InChI=1S/C6H7Cl6N3O2/c1-13-4(17)15-2(5(7,8)9)14-3(16)6(10,11)12/h2H,1H3,(H,14,16)(H2,13,15,17). The Morgan fingerprint density at radius 1 is 1.00 bits per heavy atom. The fourth-order valence-corrected chi connectivity index (χ4v) is 1.11. The lowest BCUT2D eigenvalue weighted by Crippen LogP contribution is -2.58. The van der Waals surface area contributed by atoms with E-state index in [2.05, 4.69) is 16.0 Å². The molecule has 0 saturated heterocycles. The number of urea groups is 1. The van der Waals surface area contributed by atoms with E-state index in [1.165, 1.54) is 7.05 Å². The van der Waals surface area contributed by atoms with Crippen LogP contribution in [-0.4, -0.2) is 32.7 Å². The third-order valence-electron chi connectivity index (χ3n) is 1.36. The summed E-state index contributed by atoms with van der Waals surface area (Å²) in [5.74, 6) is -1.05. The zero-order valence-electron chi connectivity index (χ0n) is 8.16. The molecule has 17 heavy (non-hydrogen) atoms. The first kappa shape index (κ1) is 17.5. The van der Waals surface area contributed by atoms with Gasteiger partial charge in [-0.15, -0.1) is 0 Å². The minimum Gasteiger partial charge on any atom is -0.341 e. The summed E-state index contributed by atoms with van der Waals surface area (Å²) in [6.07, 6.45) is -1.37. The lowest BCUT2D eigenvalue weighted by atomic mass is 10.5. The van der Waals surface area contributed by atoms with Crippen LogP contribution in [0, 0.1) is 0 Å². The summed E-state index contributed by atoms with van der Waals surface area (Å²) < 4.78 is -4.25. The van der Waals surface area contributed by atoms with Crippen LogP contribution in [0.15, 0.2) is 0 Å². The van der Waals surface area contributed by atoms with Gasteiger partial charge in [0.05, 0.1) is 0 Å². The van der Waals surface area contributed by atoms with Crippen LogP contribution in [0.1, 0.15) is 0 Å². The molecule has 0 spiro atoms. The molecule has 0 aliphatic carbocycles. The van der Waals surface area contributed by atoms with Gasteiger partial charge in [0.25, 0.3) is 9.70 Å². The Bertz CT molecular complexity index is 299. The lowest BCUT2D eigenvalue weighted by Gasteiger charge is -2.27. The van der Waals surface area contributed by atoms with Crippen molar-refractivity contribution in [3.63, 3.8) is 0 Å². The maximum atomic E-state index is 11.3. The number of carbonyl (C=O) groups is 2. The Kier molecular flexibility index (Phi) is 6.78. The van der Waals surface area contributed by atoms with Crippen molar-refractivity contribution in [1.29, 1.82) is 0 Å². The lowest BCUT2D eigenvalue weighted by molar-refractivity contribution is -0.121. The number of carbonyl (C=O) groups excluding carboxylic acids is 2. The predicted molar refractivity (Wildman–Crippen MR) is 70.1 cm³/mol. The van der Waals surface area contributed by atoms with Gasteiger partial charge in [0.1, 0.15) is 0 Å². The van der Waals surface area contributed by atoms with Crippen LogP contribution < -0.4 is 16.0 Å². The zero-order valence-corrected chi connectivity index (χ0v) is 12.7. The number of nitrogens with one attached hydrogen (secondary N) is 3. The van der Waals surface area contributed by atoms with Gasteiger partial charge in [-0.25, -0.2) is 4.79 Å². The fraction of sp³-hybridized carbons (Fsp3) is 0.667. The fourth-order valence-electron chi connectivity index (χ4n) is 0.616. The highest BCUT2D eigenvalue weighted by atomic mass is 35.6. The second-order valence-corrected chi connectivity index (χ2v) is 7.32. The van der Waals surface area contributed by atoms with E-state index in [1.807, 2.05) is 0 Å². The van der Waals surface area contributed by atoms with Crippen LogP contribution in [0.4, 0.5) is 4.79 Å². The molecular weight excluding hydrogens is 359 g/mol. The molecule has 5 nitrogen and oxygen atoms in total. The monoisotopic (exact) mass is 363 g/mol. The maximum Gasteiger partial charge on any atom is 0.316 e. The van der Waals surface area contributed by atoms with E-state index in [-0.39, 0.29) is 0 Å². The van der Waals surface area contributed by atoms with Crippen LogP contribution in [0.25, 0.3) is 0 Å². The number of amides is 3. The first-order valence-corrected chi connectivity index (χ1v) is 6.18. The van der Waals surface area contributed by atoms with Gasteiger partial charge in [-0.05, 0) is 0 Å². The summed E-state index contributed by atoms with van der Waals surface area (Å²) in [5, 5.41) is 6.42. The van der Waals surface area contributed by atoms with Gasteiger partial charge in [-0.3, -0.25) is 4.79 Å². The Hall–Kier alpha value is 0.480. The molecule has 0 bridgehead atoms. The molecule has 0 aromatic carbocycles. The number of alkyl halides is 6. The topological polar surface area (TPSA) is 70.2 Å². The van der Waals surface area contributed by atoms with Crippen molar-refractivity contribution in [3.8, 4) is 0 Å². The molecule has 0 aliphatic heterocycles. The molecule has 100 valence electrons. The van der Waals surface area contributed by atoms with Gasteiger partial charge in [0.15, 0.2) is 6.17 Å². The van der Waals surface area contributed by atoms with E-state index < -0.39 is 25.7 Å². The van der Waals surface area contributed by atoms with E-state index >= 15 is 0 Å². The van der Waals surface area contributed by atoms with Crippen molar-refractivity contribution in [2.75, 3.05) is 7.05 Å². The van der Waals surface area contributed by atoms with Crippen LogP contribution in [0.5, 0.6) is 0 Å². The molecule has 0 heterocycles. The summed E-state index contributed by atoms with van der Waals surface area (Å²) in [7, 11) is 1.33. The summed E-state index contributed by atoms with van der Waals surface area (Å²) in [6.45, 7) is 0. The van der Waals surface area contributed by atoms with Crippen molar-refractivity contribution in [3.05, 3.63) is 0 Å². The largest absolute Gasteiger partial charge is 0.341 e. The highest BCUT2D eigenvalue weighted by molar-refractivity contribution is 6.76. The molecule has 0 rings (SSSR count). The molecule has 1 unspecified atom stereocenters. The average molecular weight is 366 g/mol. The quantitative estimate of drug-likeness (QED) is 0.518. The minimum absolute atomic E-state index is 0.689. The van der Waals surface area contributed by atoms with Gasteiger partial charge in [-0.2, -0.15) is 0 Å². The van der Waals surface area contributed by atoms with Crippen LogP contribution in [0.2, 0.25) is 0 Å². The van der Waals surface area contributed by atoms with E-state index in [0.717, 1.165) is 0 Å². The molecule has 0 saturated carbocycles. The van der Waals surface area contributed by atoms with Crippen molar-refractivity contribution < 1.29 is 9.59 Å². The second kappa shape index (κ2) is 6.59. The van der Waals surface area contributed by atoms with E-state index in [4.69, 9.17) is 69.6 Å². The van der Waals surface area contributed by atoms with E-state index in [9.17, 15) is 9.59 Å². The Labute approximate surface area is 127 Å². The van der Waals surface area contributed by atoms with E-state index in [0.29, 0.717) is 0 Å². The number of hydrogen-bond acceptors (Lipinski definition) is 2. The van der Waals surface area contributed by atoms with E-state index in [1.54, 1.807) is 0 Å². The smallest absolute Gasteiger partial charge is 0.316 e. The second-order valence-electron chi connectivity index (χ2n) is 2.67. The molecule has 0 fully saturated rings. The number of halogens is 6. The molecule has 1 atom stereocenters. The molecule has 0 aromatic heterocycles. The summed E-state index contributed by atoms with van der Waals surface area (Å²) in [6, 6.07) is -0.689. The van der Waals surface area contributed by atoms with Gasteiger partial charge in [0, 0.05) is 7.05 Å². The minimum atomic E-state index is -2.24. The normalized spacial score (nSPS) is 13.8. The Morgan fingerprint density at radius 3 is 1.76 bits per heavy atom. The van der Waals surface area contributed by atoms with Gasteiger partial charge >= 0.3 is 6.03 Å². The molecule has 0 radical (unpaired) electrons. The summed E-state index contributed by atoms with van der Waals surface area (Å²) in [4.78, 5) is 22.4. The van der Waals surface area contributed by atoms with Crippen molar-refractivity contribution >= 4 is 81.5 Å². The van der Waals surface area contributed by atoms with Gasteiger partial charge < -0.3 is 16.0 Å². The molecule has 0 aliphatic rings. The van der Waals surface area contributed by atoms with Crippen molar-refractivity contribution in [1.82, 2.24) is 16.0 Å². The number of hydrogen-bond donors (Lipinski definition) is 3. The molecule has 3 amide bonds. The van der Waals surface area contributed by atoms with Crippen LogP contribution >= 0.6 is 69.6 Å². The summed E-state index contributed by atoms with van der Waals surface area (Å²) >= 11 is 32.5. The molecule has 3 N–H and O–H groups in total. The molecule has 11 heteroatoms. The van der Waals surface area contributed by atoms with Gasteiger partial charge in [-0.1, -0.05) is 69.6 Å². The number of rotatable bonds is 2. The summed E-state index contributed by atoms with van der Waals surface area (Å²) in [5.41, 5.74) is 0. The molecular formula is C6H7Cl6N3O2. The highest BCUT2D eigenvalue weighted by Crippen LogP contribution is 2.31. The predicted octanol–water partition coefficient (Wildman–Crippen LogP) is 2.10.